The van der Waals surface area contributed by atoms with Crippen molar-refractivity contribution >= 4 is 29.5 Å². The Hall–Kier alpha value is -3.51. The molecule has 0 fully saturated rings. The van der Waals surface area contributed by atoms with Gasteiger partial charge in [-0.15, -0.1) is 0 Å². The Bertz CT molecular complexity index is 1040. The van der Waals surface area contributed by atoms with Gasteiger partial charge in [0.15, 0.2) is 11.5 Å². The smallest absolute Gasteiger partial charge is 0.335 e. The predicted molar refractivity (Wildman–Crippen MR) is 113 cm³/mol. The van der Waals surface area contributed by atoms with Crippen LogP contribution in [0.15, 0.2) is 71.8 Å². The molecule has 0 aliphatic heterocycles. The zero-order valence-electron chi connectivity index (χ0n) is 15.6. The minimum atomic E-state index is -0.998. The number of methoxy groups -OCH3 is 1. The number of benzene rings is 3. The summed E-state index contributed by atoms with van der Waals surface area (Å²) in [6.45, 7) is 0.315. The van der Waals surface area contributed by atoms with Crippen LogP contribution in [-0.2, 0) is 6.61 Å². The van der Waals surface area contributed by atoms with Gasteiger partial charge in [-0.05, 0) is 48.0 Å². The molecule has 3 aromatic rings. The van der Waals surface area contributed by atoms with E-state index >= 15 is 0 Å². The van der Waals surface area contributed by atoms with E-state index in [1.54, 1.807) is 37.6 Å². The third kappa shape index (κ3) is 5.49. The second-order valence-electron chi connectivity index (χ2n) is 6.05. The number of carboxylic acids is 1. The van der Waals surface area contributed by atoms with Crippen LogP contribution >= 0.6 is 11.6 Å². The van der Waals surface area contributed by atoms with Crippen molar-refractivity contribution < 1.29 is 19.4 Å². The maximum atomic E-state index is 11.1. The number of rotatable bonds is 8. The molecule has 0 aliphatic carbocycles. The molecule has 148 valence electrons. The molecule has 0 heterocycles. The van der Waals surface area contributed by atoms with Crippen LogP contribution in [0.3, 0.4) is 0 Å². The summed E-state index contributed by atoms with van der Waals surface area (Å²) in [6.07, 6.45) is 1.59. The standard InChI is InChI=1S/C22H19ClN2O4/c1-28-20-10-4-7-17(21(20)29-14-15-5-2-8-18(23)11-15)13-24-25-19-9-3-6-16(12-19)22(26)27/h2-13,25H,14H2,1H3,(H,26,27). The summed E-state index contributed by atoms with van der Waals surface area (Å²) < 4.78 is 11.4. The summed E-state index contributed by atoms with van der Waals surface area (Å²) in [5.41, 5.74) is 5.19. The Morgan fingerprint density at radius 1 is 1.14 bits per heavy atom. The minimum Gasteiger partial charge on any atom is -0.493 e. The predicted octanol–water partition coefficient (Wildman–Crippen LogP) is 5.07. The number of anilines is 1. The normalized spacial score (nSPS) is 10.7. The molecule has 3 aromatic carbocycles. The number of aromatic carboxylic acids is 1. The summed E-state index contributed by atoms with van der Waals surface area (Å²) in [7, 11) is 1.57. The Kier molecular flexibility index (Phi) is 6.71. The fraction of sp³-hybridized carbons (Fsp3) is 0.0909. The molecular formula is C22H19ClN2O4. The van der Waals surface area contributed by atoms with E-state index in [4.69, 9.17) is 26.2 Å². The molecule has 3 rings (SSSR count). The molecule has 2 N–H and O–H groups in total. The molecule has 0 atom stereocenters. The summed E-state index contributed by atoms with van der Waals surface area (Å²) >= 11 is 6.03. The van der Waals surface area contributed by atoms with Gasteiger partial charge in [0, 0.05) is 10.6 Å². The van der Waals surface area contributed by atoms with E-state index < -0.39 is 5.97 Å². The van der Waals surface area contributed by atoms with Gasteiger partial charge in [-0.2, -0.15) is 5.10 Å². The van der Waals surface area contributed by atoms with Crippen molar-refractivity contribution in [2.45, 2.75) is 6.61 Å². The zero-order valence-corrected chi connectivity index (χ0v) is 16.4. The number of hydrazone groups is 1. The molecule has 0 spiro atoms. The van der Waals surface area contributed by atoms with Crippen molar-refractivity contribution in [3.05, 3.63) is 88.4 Å². The summed E-state index contributed by atoms with van der Waals surface area (Å²) in [6, 6.07) is 19.3. The van der Waals surface area contributed by atoms with E-state index in [1.807, 2.05) is 30.3 Å². The summed E-state index contributed by atoms with van der Waals surface area (Å²) in [4.78, 5) is 11.1. The maximum Gasteiger partial charge on any atom is 0.335 e. The lowest BCUT2D eigenvalue weighted by Gasteiger charge is -2.13. The Labute approximate surface area is 173 Å². The van der Waals surface area contributed by atoms with Crippen LogP contribution in [0.4, 0.5) is 5.69 Å². The maximum absolute atomic E-state index is 11.1. The SMILES string of the molecule is COc1cccc(C=NNc2cccc(C(=O)O)c2)c1OCc1cccc(Cl)c1. The number of hydrogen-bond donors (Lipinski definition) is 2. The van der Waals surface area contributed by atoms with E-state index in [2.05, 4.69) is 10.5 Å². The lowest BCUT2D eigenvalue weighted by molar-refractivity contribution is 0.0697. The average Bonchev–Trinajstić information content (AvgIpc) is 2.73. The summed E-state index contributed by atoms with van der Waals surface area (Å²) in [5.74, 6) is 0.116. The monoisotopic (exact) mass is 410 g/mol. The molecule has 29 heavy (non-hydrogen) atoms. The second-order valence-corrected chi connectivity index (χ2v) is 6.49. The van der Waals surface area contributed by atoms with E-state index in [1.165, 1.54) is 12.1 Å². The van der Waals surface area contributed by atoms with Crippen LogP contribution < -0.4 is 14.9 Å². The van der Waals surface area contributed by atoms with Gasteiger partial charge in [0.1, 0.15) is 6.61 Å². The molecule has 0 saturated carbocycles. The van der Waals surface area contributed by atoms with Gasteiger partial charge in [-0.1, -0.05) is 35.9 Å². The van der Waals surface area contributed by atoms with Crippen LogP contribution in [0.25, 0.3) is 0 Å². The number of nitrogens with one attached hydrogen (secondary N) is 1. The average molecular weight is 411 g/mol. The molecule has 7 heteroatoms. The van der Waals surface area contributed by atoms with Gasteiger partial charge in [-0.25, -0.2) is 4.79 Å². The number of para-hydroxylation sites is 1. The van der Waals surface area contributed by atoms with E-state index in [9.17, 15) is 4.79 Å². The molecule has 0 amide bonds. The first kappa shape index (κ1) is 20.2. The van der Waals surface area contributed by atoms with Crippen LogP contribution in [0.1, 0.15) is 21.5 Å². The number of ether oxygens (including phenoxy) is 2. The van der Waals surface area contributed by atoms with Gasteiger partial charge in [-0.3, -0.25) is 5.43 Å². The van der Waals surface area contributed by atoms with Crippen LogP contribution in [0.2, 0.25) is 5.02 Å². The molecule has 0 bridgehead atoms. The van der Waals surface area contributed by atoms with Gasteiger partial charge in [0.2, 0.25) is 0 Å². The van der Waals surface area contributed by atoms with Gasteiger partial charge >= 0.3 is 5.97 Å². The Morgan fingerprint density at radius 2 is 1.93 bits per heavy atom. The van der Waals surface area contributed by atoms with E-state index in [0.717, 1.165) is 5.56 Å². The van der Waals surface area contributed by atoms with Crippen LogP contribution in [0.5, 0.6) is 11.5 Å². The topological polar surface area (TPSA) is 80.2 Å². The molecular weight excluding hydrogens is 392 g/mol. The summed E-state index contributed by atoms with van der Waals surface area (Å²) in [5, 5.41) is 13.9. The van der Waals surface area contributed by atoms with Crippen molar-refractivity contribution in [3.8, 4) is 11.5 Å². The van der Waals surface area contributed by atoms with Gasteiger partial charge in [0.25, 0.3) is 0 Å². The number of nitrogens with zero attached hydrogens (tertiary/aromatic N) is 1. The van der Waals surface area contributed by atoms with Crippen molar-refractivity contribution in [2.75, 3.05) is 12.5 Å². The zero-order chi connectivity index (χ0) is 20.6. The number of halogens is 1. The lowest BCUT2D eigenvalue weighted by atomic mass is 10.2. The first-order chi connectivity index (χ1) is 14.1. The number of carbonyl (C=O) groups is 1. The fourth-order valence-electron chi connectivity index (χ4n) is 2.63. The molecule has 0 radical (unpaired) electrons. The van der Waals surface area contributed by atoms with Gasteiger partial charge < -0.3 is 14.6 Å². The highest BCUT2D eigenvalue weighted by Crippen LogP contribution is 2.31. The molecule has 0 saturated heterocycles. The molecule has 0 unspecified atom stereocenters. The second kappa shape index (κ2) is 9.61. The first-order valence-electron chi connectivity index (χ1n) is 8.73. The molecule has 0 aliphatic rings. The highest BCUT2D eigenvalue weighted by atomic mass is 35.5. The largest absolute Gasteiger partial charge is 0.493 e. The number of carboxylic acid groups (broad SMARTS) is 1. The van der Waals surface area contributed by atoms with E-state index in [-0.39, 0.29) is 5.56 Å². The highest BCUT2D eigenvalue weighted by molar-refractivity contribution is 6.30. The van der Waals surface area contributed by atoms with Crippen molar-refractivity contribution in [1.82, 2.24) is 0 Å². The van der Waals surface area contributed by atoms with Crippen LogP contribution in [-0.4, -0.2) is 24.4 Å². The van der Waals surface area contributed by atoms with Crippen LogP contribution in [0, 0.1) is 0 Å². The van der Waals surface area contributed by atoms with Crippen molar-refractivity contribution in [3.63, 3.8) is 0 Å². The quantitative estimate of drug-likeness (QED) is 0.400. The molecule has 6 nitrogen and oxygen atoms in total. The third-order valence-corrected chi connectivity index (χ3v) is 4.24. The number of hydrogen-bond acceptors (Lipinski definition) is 5. The first-order valence-corrected chi connectivity index (χ1v) is 9.11. The Morgan fingerprint density at radius 3 is 2.69 bits per heavy atom. The lowest BCUT2D eigenvalue weighted by Crippen LogP contribution is -2.02. The van der Waals surface area contributed by atoms with Crippen molar-refractivity contribution in [2.24, 2.45) is 5.10 Å². The van der Waals surface area contributed by atoms with Gasteiger partial charge in [0.05, 0.1) is 24.6 Å². The molecule has 0 aromatic heterocycles. The van der Waals surface area contributed by atoms with Crippen molar-refractivity contribution in [1.29, 1.82) is 0 Å². The third-order valence-electron chi connectivity index (χ3n) is 4.01. The fourth-order valence-corrected chi connectivity index (χ4v) is 2.84. The van der Waals surface area contributed by atoms with E-state index in [0.29, 0.717) is 34.4 Å². The minimum absolute atomic E-state index is 0.178. The Balaban J connectivity index is 1.77. The highest BCUT2D eigenvalue weighted by Gasteiger charge is 2.10.